The zero-order valence-corrected chi connectivity index (χ0v) is 11.1. The van der Waals surface area contributed by atoms with Gasteiger partial charge in [-0.15, -0.1) is 0 Å². The Morgan fingerprint density at radius 3 is 2.00 bits per heavy atom. The molecule has 0 radical (unpaired) electrons. The van der Waals surface area contributed by atoms with Gasteiger partial charge in [0, 0.05) is 14.2 Å². The third-order valence-corrected chi connectivity index (χ3v) is 2.46. The summed E-state index contributed by atoms with van der Waals surface area (Å²) in [6, 6.07) is 0.282. The molecular formula is C12H27NO2. The fraction of sp³-hybridized carbons (Fsp3) is 1.00. The summed E-state index contributed by atoms with van der Waals surface area (Å²) >= 11 is 0. The van der Waals surface area contributed by atoms with Crippen molar-refractivity contribution in [2.45, 2.75) is 52.9 Å². The molecule has 0 saturated heterocycles. The van der Waals surface area contributed by atoms with E-state index >= 15 is 0 Å². The van der Waals surface area contributed by atoms with Crippen molar-refractivity contribution in [1.29, 1.82) is 0 Å². The lowest BCUT2D eigenvalue weighted by atomic mass is 9.88. The van der Waals surface area contributed by atoms with E-state index in [0.717, 1.165) is 19.4 Å². The predicted octanol–water partition coefficient (Wildman–Crippen LogP) is 2.41. The Balaban J connectivity index is 4.13. The SMILES string of the molecule is CCNC(CCC(C)(C)C)C(OC)OC. The highest BCUT2D eigenvalue weighted by Crippen LogP contribution is 2.22. The molecular weight excluding hydrogens is 190 g/mol. The maximum atomic E-state index is 5.29. The van der Waals surface area contributed by atoms with E-state index < -0.39 is 0 Å². The molecule has 0 aliphatic heterocycles. The molecule has 3 heteroatoms. The van der Waals surface area contributed by atoms with Crippen molar-refractivity contribution >= 4 is 0 Å². The van der Waals surface area contributed by atoms with Crippen LogP contribution in [0.4, 0.5) is 0 Å². The summed E-state index contributed by atoms with van der Waals surface area (Å²) in [6.45, 7) is 9.81. The first-order chi connectivity index (χ1) is 6.94. The Kier molecular flexibility index (Phi) is 7.14. The van der Waals surface area contributed by atoms with Crippen LogP contribution in [0.1, 0.15) is 40.5 Å². The minimum absolute atomic E-state index is 0.146. The van der Waals surface area contributed by atoms with Crippen LogP contribution in [0.3, 0.4) is 0 Å². The Hall–Kier alpha value is -0.120. The van der Waals surface area contributed by atoms with Crippen LogP contribution in [0.5, 0.6) is 0 Å². The average molecular weight is 217 g/mol. The van der Waals surface area contributed by atoms with E-state index in [1.807, 2.05) is 0 Å². The zero-order chi connectivity index (χ0) is 11.9. The molecule has 1 N–H and O–H groups in total. The van der Waals surface area contributed by atoms with Crippen molar-refractivity contribution in [2.24, 2.45) is 5.41 Å². The molecule has 3 nitrogen and oxygen atoms in total. The van der Waals surface area contributed by atoms with Crippen LogP contribution >= 0.6 is 0 Å². The molecule has 92 valence electrons. The van der Waals surface area contributed by atoms with Gasteiger partial charge in [0.1, 0.15) is 0 Å². The monoisotopic (exact) mass is 217 g/mol. The van der Waals surface area contributed by atoms with Crippen LogP contribution in [0, 0.1) is 5.41 Å². The van der Waals surface area contributed by atoms with Crippen LogP contribution < -0.4 is 5.32 Å². The second-order valence-electron chi connectivity index (χ2n) is 5.10. The molecule has 1 atom stereocenters. The maximum Gasteiger partial charge on any atom is 0.171 e. The van der Waals surface area contributed by atoms with Gasteiger partial charge in [-0.3, -0.25) is 0 Å². The molecule has 0 aromatic carbocycles. The van der Waals surface area contributed by atoms with Crippen LogP contribution in [-0.2, 0) is 9.47 Å². The molecule has 0 saturated carbocycles. The van der Waals surface area contributed by atoms with Gasteiger partial charge < -0.3 is 14.8 Å². The average Bonchev–Trinajstić information content (AvgIpc) is 2.14. The van der Waals surface area contributed by atoms with E-state index in [-0.39, 0.29) is 12.3 Å². The van der Waals surface area contributed by atoms with Crippen molar-refractivity contribution in [3.8, 4) is 0 Å². The lowest BCUT2D eigenvalue weighted by Crippen LogP contribution is -2.42. The lowest BCUT2D eigenvalue weighted by Gasteiger charge is -2.28. The molecule has 0 bridgehead atoms. The smallest absolute Gasteiger partial charge is 0.171 e. The predicted molar refractivity (Wildman–Crippen MR) is 64.0 cm³/mol. The number of rotatable bonds is 7. The summed E-state index contributed by atoms with van der Waals surface area (Å²) in [6.07, 6.45) is 2.09. The molecule has 0 spiro atoms. The van der Waals surface area contributed by atoms with Crippen LogP contribution in [0.15, 0.2) is 0 Å². The van der Waals surface area contributed by atoms with Gasteiger partial charge in [0.15, 0.2) is 6.29 Å². The first kappa shape index (κ1) is 14.9. The first-order valence-electron chi connectivity index (χ1n) is 5.73. The van der Waals surface area contributed by atoms with Crippen LogP contribution in [0.25, 0.3) is 0 Å². The lowest BCUT2D eigenvalue weighted by molar-refractivity contribution is -0.124. The summed E-state index contributed by atoms with van der Waals surface area (Å²) in [5.74, 6) is 0. The normalized spacial score (nSPS) is 14.6. The second-order valence-corrected chi connectivity index (χ2v) is 5.10. The minimum Gasteiger partial charge on any atom is -0.354 e. The Morgan fingerprint density at radius 2 is 1.67 bits per heavy atom. The highest BCUT2D eigenvalue weighted by Gasteiger charge is 2.22. The number of hydrogen-bond acceptors (Lipinski definition) is 3. The molecule has 0 aliphatic rings. The molecule has 0 rings (SSSR count). The number of hydrogen-bond donors (Lipinski definition) is 1. The summed E-state index contributed by atoms with van der Waals surface area (Å²) < 4.78 is 10.6. The molecule has 1 unspecified atom stereocenters. The van der Waals surface area contributed by atoms with E-state index in [1.165, 1.54) is 0 Å². The zero-order valence-electron chi connectivity index (χ0n) is 11.1. The third kappa shape index (κ3) is 6.88. The Bertz CT molecular complexity index is 150. The van der Waals surface area contributed by atoms with Gasteiger partial charge in [-0.05, 0) is 24.8 Å². The van der Waals surface area contributed by atoms with E-state index in [0.29, 0.717) is 5.41 Å². The van der Waals surface area contributed by atoms with Gasteiger partial charge in [-0.2, -0.15) is 0 Å². The van der Waals surface area contributed by atoms with Crippen LogP contribution in [-0.4, -0.2) is 33.1 Å². The molecule has 0 aliphatic carbocycles. The van der Waals surface area contributed by atoms with Crippen molar-refractivity contribution in [3.63, 3.8) is 0 Å². The quantitative estimate of drug-likeness (QED) is 0.664. The van der Waals surface area contributed by atoms with Gasteiger partial charge >= 0.3 is 0 Å². The Morgan fingerprint density at radius 1 is 1.13 bits per heavy atom. The van der Waals surface area contributed by atoms with Gasteiger partial charge in [-0.1, -0.05) is 27.7 Å². The fourth-order valence-corrected chi connectivity index (χ4v) is 1.61. The fourth-order valence-electron chi connectivity index (χ4n) is 1.61. The summed E-state index contributed by atoms with van der Waals surface area (Å²) in [5, 5.41) is 3.41. The van der Waals surface area contributed by atoms with Crippen molar-refractivity contribution in [1.82, 2.24) is 5.32 Å². The van der Waals surface area contributed by atoms with E-state index in [1.54, 1.807) is 14.2 Å². The molecule has 15 heavy (non-hydrogen) atoms. The summed E-state index contributed by atoms with van der Waals surface area (Å²) in [4.78, 5) is 0. The third-order valence-electron chi connectivity index (χ3n) is 2.46. The molecule has 0 aromatic rings. The van der Waals surface area contributed by atoms with Crippen molar-refractivity contribution in [3.05, 3.63) is 0 Å². The standard InChI is InChI=1S/C12H27NO2/c1-7-13-10(11(14-5)15-6)8-9-12(2,3)4/h10-11,13H,7-9H2,1-6H3. The topological polar surface area (TPSA) is 30.5 Å². The van der Waals surface area contributed by atoms with Crippen molar-refractivity contribution in [2.75, 3.05) is 20.8 Å². The minimum atomic E-state index is -0.146. The Labute approximate surface area is 94.5 Å². The van der Waals surface area contributed by atoms with Crippen molar-refractivity contribution < 1.29 is 9.47 Å². The van der Waals surface area contributed by atoms with Gasteiger partial charge in [0.05, 0.1) is 6.04 Å². The highest BCUT2D eigenvalue weighted by atomic mass is 16.7. The van der Waals surface area contributed by atoms with Gasteiger partial charge in [-0.25, -0.2) is 0 Å². The first-order valence-corrected chi connectivity index (χ1v) is 5.73. The van der Waals surface area contributed by atoms with Gasteiger partial charge in [0.25, 0.3) is 0 Å². The molecule has 0 amide bonds. The largest absolute Gasteiger partial charge is 0.354 e. The number of methoxy groups -OCH3 is 2. The van der Waals surface area contributed by atoms with Crippen LogP contribution in [0.2, 0.25) is 0 Å². The highest BCUT2D eigenvalue weighted by molar-refractivity contribution is 4.73. The molecule has 0 heterocycles. The molecule has 0 fully saturated rings. The van der Waals surface area contributed by atoms with E-state index in [2.05, 4.69) is 33.0 Å². The maximum absolute atomic E-state index is 5.29. The van der Waals surface area contributed by atoms with Gasteiger partial charge in [0.2, 0.25) is 0 Å². The number of likely N-dealkylation sites (N-methyl/N-ethyl adjacent to an activating group) is 1. The second kappa shape index (κ2) is 7.20. The van der Waals surface area contributed by atoms with E-state index in [4.69, 9.17) is 9.47 Å². The number of ether oxygens (including phenoxy) is 2. The van der Waals surface area contributed by atoms with E-state index in [9.17, 15) is 0 Å². The summed E-state index contributed by atoms with van der Waals surface area (Å²) in [5.41, 5.74) is 0.361. The summed E-state index contributed by atoms with van der Waals surface area (Å²) in [7, 11) is 3.38. The number of nitrogens with one attached hydrogen (secondary N) is 1. The molecule has 0 aromatic heterocycles.